The van der Waals surface area contributed by atoms with E-state index in [9.17, 15) is 9.00 Å². The first-order valence-electron chi connectivity index (χ1n) is 5.33. The molecule has 0 aliphatic carbocycles. The summed E-state index contributed by atoms with van der Waals surface area (Å²) in [7, 11) is -1.16. The number of aryl methyl sites for hydroxylation is 1. The molecule has 0 fully saturated rings. The lowest BCUT2D eigenvalue weighted by Crippen LogP contribution is -2.42. The molecule has 0 aliphatic rings. The van der Waals surface area contributed by atoms with Crippen molar-refractivity contribution in [2.75, 3.05) is 5.75 Å². The summed E-state index contributed by atoms with van der Waals surface area (Å²) in [6.45, 7) is 7.62. The monoisotopic (exact) mass is 274 g/mol. The summed E-state index contributed by atoms with van der Waals surface area (Å²) in [5, 5.41) is 3.75. The van der Waals surface area contributed by atoms with Gasteiger partial charge in [-0.05, 0) is 27.7 Å². The van der Waals surface area contributed by atoms with E-state index in [-0.39, 0.29) is 17.2 Å². The Hall–Kier alpha value is -0.750. The Labute approximate surface area is 108 Å². The summed E-state index contributed by atoms with van der Waals surface area (Å²) in [5.41, 5.74) is -0.275. The SMILES string of the molecule is Cc1ncc(CS(=O)CC(=O)NC(C)(C)C)s1. The highest BCUT2D eigenvalue weighted by Gasteiger charge is 2.16. The third-order valence-corrected chi connectivity index (χ3v) is 4.09. The number of amides is 1. The second-order valence-electron chi connectivity index (χ2n) is 4.87. The van der Waals surface area contributed by atoms with Crippen LogP contribution < -0.4 is 5.32 Å². The van der Waals surface area contributed by atoms with Crippen LogP contribution in [0.15, 0.2) is 6.20 Å². The van der Waals surface area contributed by atoms with E-state index in [1.807, 2.05) is 27.7 Å². The standard InChI is InChI=1S/C11H18N2O2S2/c1-8-12-5-9(16-8)6-17(15)7-10(14)13-11(2,3)4/h5H,6-7H2,1-4H3,(H,13,14). The molecular formula is C11H18N2O2S2. The zero-order chi connectivity index (χ0) is 13.1. The zero-order valence-corrected chi connectivity index (χ0v) is 12.2. The van der Waals surface area contributed by atoms with Gasteiger partial charge in [-0.3, -0.25) is 9.00 Å². The van der Waals surface area contributed by atoms with Crippen LogP contribution in [0.1, 0.15) is 30.7 Å². The van der Waals surface area contributed by atoms with Gasteiger partial charge in [0.2, 0.25) is 5.91 Å². The van der Waals surface area contributed by atoms with E-state index in [0.29, 0.717) is 5.75 Å². The Kier molecular flexibility index (Phi) is 4.82. The highest BCUT2D eigenvalue weighted by Crippen LogP contribution is 2.13. The number of hydrogen-bond acceptors (Lipinski definition) is 4. The van der Waals surface area contributed by atoms with E-state index in [1.54, 1.807) is 6.20 Å². The molecule has 1 heterocycles. The number of carbonyl (C=O) groups is 1. The fourth-order valence-electron chi connectivity index (χ4n) is 1.28. The molecule has 1 unspecified atom stereocenters. The molecule has 0 aliphatic heterocycles. The molecular weight excluding hydrogens is 256 g/mol. The fourth-order valence-corrected chi connectivity index (χ4v) is 3.36. The van der Waals surface area contributed by atoms with Crippen molar-refractivity contribution in [3.05, 3.63) is 16.1 Å². The Morgan fingerprint density at radius 2 is 2.18 bits per heavy atom. The van der Waals surface area contributed by atoms with Crippen molar-refractivity contribution in [1.29, 1.82) is 0 Å². The quantitative estimate of drug-likeness (QED) is 0.907. The Morgan fingerprint density at radius 1 is 1.53 bits per heavy atom. The number of nitrogens with one attached hydrogen (secondary N) is 1. The van der Waals surface area contributed by atoms with Gasteiger partial charge in [0.25, 0.3) is 0 Å². The van der Waals surface area contributed by atoms with Gasteiger partial charge in [0.15, 0.2) is 0 Å². The summed E-state index contributed by atoms with van der Waals surface area (Å²) >= 11 is 1.52. The number of aromatic nitrogens is 1. The highest BCUT2D eigenvalue weighted by atomic mass is 32.2. The fraction of sp³-hybridized carbons (Fsp3) is 0.636. The molecule has 0 aromatic carbocycles. The minimum absolute atomic E-state index is 0.0498. The van der Waals surface area contributed by atoms with Crippen molar-refractivity contribution in [2.45, 2.75) is 39.0 Å². The van der Waals surface area contributed by atoms with Gasteiger partial charge in [-0.25, -0.2) is 4.98 Å². The number of hydrogen-bond donors (Lipinski definition) is 1. The maximum atomic E-state index is 11.7. The third-order valence-electron chi connectivity index (χ3n) is 1.78. The van der Waals surface area contributed by atoms with E-state index in [0.717, 1.165) is 9.88 Å². The van der Waals surface area contributed by atoms with Crippen molar-refractivity contribution in [1.82, 2.24) is 10.3 Å². The molecule has 1 atom stereocenters. The number of carbonyl (C=O) groups excluding carboxylic acids is 1. The molecule has 0 radical (unpaired) electrons. The van der Waals surface area contributed by atoms with Crippen LogP contribution in [0, 0.1) is 6.92 Å². The second-order valence-corrected chi connectivity index (χ2v) is 7.65. The molecule has 0 saturated carbocycles. The van der Waals surface area contributed by atoms with Crippen LogP contribution in [0.3, 0.4) is 0 Å². The van der Waals surface area contributed by atoms with Gasteiger partial charge in [-0.15, -0.1) is 11.3 Å². The van der Waals surface area contributed by atoms with E-state index in [1.165, 1.54) is 11.3 Å². The minimum atomic E-state index is -1.16. The summed E-state index contributed by atoms with van der Waals surface area (Å²) < 4.78 is 11.7. The lowest BCUT2D eigenvalue weighted by atomic mass is 10.1. The van der Waals surface area contributed by atoms with Crippen molar-refractivity contribution in [2.24, 2.45) is 0 Å². The molecule has 0 spiro atoms. The Bertz CT molecular complexity index is 421. The van der Waals surface area contributed by atoms with Gasteiger partial charge in [-0.2, -0.15) is 0 Å². The lowest BCUT2D eigenvalue weighted by molar-refractivity contribution is -0.119. The average Bonchev–Trinajstić information content (AvgIpc) is 2.46. The molecule has 1 rings (SSSR count). The van der Waals surface area contributed by atoms with Crippen LogP contribution in [0.5, 0.6) is 0 Å². The van der Waals surface area contributed by atoms with Gasteiger partial charge in [0.05, 0.1) is 10.8 Å². The maximum Gasteiger partial charge on any atom is 0.233 e. The molecule has 1 aromatic rings. The molecule has 96 valence electrons. The first kappa shape index (κ1) is 14.3. The summed E-state index contributed by atoms with van der Waals surface area (Å²) in [6.07, 6.45) is 1.72. The number of thiazole rings is 1. The molecule has 4 nitrogen and oxygen atoms in total. The van der Waals surface area contributed by atoms with Crippen molar-refractivity contribution in [3.63, 3.8) is 0 Å². The molecule has 1 N–H and O–H groups in total. The third kappa shape index (κ3) is 5.93. The van der Waals surface area contributed by atoms with Gasteiger partial charge >= 0.3 is 0 Å². The number of nitrogens with zero attached hydrogens (tertiary/aromatic N) is 1. The van der Waals surface area contributed by atoms with E-state index < -0.39 is 10.8 Å². The molecule has 0 saturated heterocycles. The topological polar surface area (TPSA) is 59.1 Å². The normalized spacial score (nSPS) is 13.4. The van der Waals surface area contributed by atoms with Crippen LogP contribution in [0.2, 0.25) is 0 Å². The largest absolute Gasteiger partial charge is 0.351 e. The summed E-state index contributed by atoms with van der Waals surface area (Å²) in [4.78, 5) is 16.6. The molecule has 17 heavy (non-hydrogen) atoms. The van der Waals surface area contributed by atoms with E-state index in [2.05, 4.69) is 10.3 Å². The van der Waals surface area contributed by atoms with Gasteiger partial charge in [0.1, 0.15) is 5.75 Å². The first-order valence-corrected chi connectivity index (χ1v) is 7.64. The average molecular weight is 274 g/mol. The maximum absolute atomic E-state index is 11.7. The van der Waals surface area contributed by atoms with E-state index in [4.69, 9.17) is 0 Å². The van der Waals surface area contributed by atoms with Crippen LogP contribution >= 0.6 is 11.3 Å². The Morgan fingerprint density at radius 3 is 2.65 bits per heavy atom. The van der Waals surface area contributed by atoms with Crippen molar-refractivity contribution in [3.8, 4) is 0 Å². The zero-order valence-electron chi connectivity index (χ0n) is 10.6. The molecule has 0 bridgehead atoms. The van der Waals surface area contributed by atoms with Gasteiger partial charge in [0, 0.05) is 27.4 Å². The predicted octanol–water partition coefficient (Wildman–Crippen LogP) is 1.61. The summed E-state index contributed by atoms with van der Waals surface area (Å²) in [5.74, 6) is 0.286. The second kappa shape index (κ2) is 5.73. The molecule has 1 aromatic heterocycles. The van der Waals surface area contributed by atoms with Gasteiger partial charge < -0.3 is 5.32 Å². The Balaban J connectivity index is 2.42. The molecule has 1 amide bonds. The lowest BCUT2D eigenvalue weighted by Gasteiger charge is -2.20. The van der Waals surface area contributed by atoms with Crippen LogP contribution in [0.25, 0.3) is 0 Å². The van der Waals surface area contributed by atoms with Crippen LogP contribution in [-0.2, 0) is 21.3 Å². The molecule has 6 heteroatoms. The summed E-state index contributed by atoms with van der Waals surface area (Å²) in [6, 6.07) is 0. The van der Waals surface area contributed by atoms with Crippen LogP contribution in [0.4, 0.5) is 0 Å². The predicted molar refractivity (Wildman–Crippen MR) is 71.5 cm³/mol. The van der Waals surface area contributed by atoms with Gasteiger partial charge in [-0.1, -0.05) is 0 Å². The van der Waals surface area contributed by atoms with E-state index >= 15 is 0 Å². The minimum Gasteiger partial charge on any atom is -0.351 e. The smallest absolute Gasteiger partial charge is 0.233 e. The number of rotatable bonds is 4. The highest BCUT2D eigenvalue weighted by molar-refractivity contribution is 7.85. The first-order chi connectivity index (χ1) is 7.76. The van der Waals surface area contributed by atoms with Crippen molar-refractivity contribution >= 4 is 28.0 Å². The van der Waals surface area contributed by atoms with Crippen molar-refractivity contribution < 1.29 is 9.00 Å². The van der Waals surface area contributed by atoms with Crippen LogP contribution in [-0.4, -0.2) is 26.4 Å².